The molecule has 0 aliphatic heterocycles. The van der Waals surface area contributed by atoms with Crippen LogP contribution in [0, 0.1) is 6.57 Å². The number of pyridine rings is 1. The standard InChI is InChI=1S/C16H14N4O3S/c1-11(2)16(21)23-9-8-22-15-7-6-14(24-15)20-19-12-4-5-13(17-3)18-10-12/h4-7,10H,1,8-9H2,2H3. The van der Waals surface area contributed by atoms with Crippen molar-refractivity contribution in [2.45, 2.75) is 6.92 Å². The van der Waals surface area contributed by atoms with E-state index < -0.39 is 5.97 Å². The Bertz CT molecular complexity index is 790. The van der Waals surface area contributed by atoms with Crippen LogP contribution in [-0.4, -0.2) is 24.2 Å². The Morgan fingerprint density at radius 3 is 2.83 bits per heavy atom. The van der Waals surface area contributed by atoms with Crippen molar-refractivity contribution in [2.24, 2.45) is 10.2 Å². The molecule has 0 spiro atoms. The predicted molar refractivity (Wildman–Crippen MR) is 90.3 cm³/mol. The van der Waals surface area contributed by atoms with Gasteiger partial charge in [-0.1, -0.05) is 24.5 Å². The van der Waals surface area contributed by atoms with E-state index in [9.17, 15) is 4.79 Å². The Kier molecular flexibility index (Phi) is 6.16. The first-order chi connectivity index (χ1) is 11.6. The van der Waals surface area contributed by atoms with Gasteiger partial charge in [-0.2, -0.15) is 0 Å². The lowest BCUT2D eigenvalue weighted by Crippen LogP contribution is -2.11. The highest BCUT2D eigenvalue weighted by Gasteiger charge is 2.04. The highest BCUT2D eigenvalue weighted by molar-refractivity contribution is 7.17. The summed E-state index contributed by atoms with van der Waals surface area (Å²) < 4.78 is 10.4. The molecule has 0 radical (unpaired) electrons. The largest absolute Gasteiger partial charge is 0.480 e. The van der Waals surface area contributed by atoms with Gasteiger partial charge in [-0.15, -0.1) is 15.2 Å². The van der Waals surface area contributed by atoms with Gasteiger partial charge in [0.15, 0.2) is 5.06 Å². The average molecular weight is 342 g/mol. The van der Waals surface area contributed by atoms with E-state index in [2.05, 4.69) is 26.6 Å². The first-order valence-electron chi connectivity index (χ1n) is 6.89. The van der Waals surface area contributed by atoms with Crippen molar-refractivity contribution in [1.29, 1.82) is 0 Å². The number of carbonyl (C=O) groups is 1. The summed E-state index contributed by atoms with van der Waals surface area (Å²) in [6.45, 7) is 12.3. The molecule has 8 heteroatoms. The molecular formula is C16H14N4O3S. The van der Waals surface area contributed by atoms with Crippen LogP contribution in [0.3, 0.4) is 0 Å². The van der Waals surface area contributed by atoms with Crippen molar-refractivity contribution < 1.29 is 14.3 Å². The number of azo groups is 1. The molecular weight excluding hydrogens is 328 g/mol. The summed E-state index contributed by atoms with van der Waals surface area (Å²) in [6.07, 6.45) is 1.48. The van der Waals surface area contributed by atoms with Crippen LogP contribution in [0.2, 0.25) is 0 Å². The number of hydrogen-bond acceptors (Lipinski definition) is 7. The first-order valence-corrected chi connectivity index (χ1v) is 7.70. The van der Waals surface area contributed by atoms with Gasteiger partial charge in [0.05, 0.1) is 0 Å². The highest BCUT2D eigenvalue weighted by atomic mass is 32.1. The summed E-state index contributed by atoms with van der Waals surface area (Å²) in [5, 5.41) is 9.44. The van der Waals surface area contributed by atoms with Crippen LogP contribution in [-0.2, 0) is 9.53 Å². The molecule has 7 nitrogen and oxygen atoms in total. The fraction of sp³-hybridized carbons (Fsp3) is 0.188. The van der Waals surface area contributed by atoms with E-state index in [-0.39, 0.29) is 13.2 Å². The summed E-state index contributed by atoms with van der Waals surface area (Å²) in [7, 11) is 0. The minimum atomic E-state index is -0.433. The third kappa shape index (κ3) is 5.30. The summed E-state index contributed by atoms with van der Waals surface area (Å²) in [6, 6.07) is 6.78. The van der Waals surface area contributed by atoms with Crippen molar-refractivity contribution in [3.8, 4) is 5.06 Å². The minimum absolute atomic E-state index is 0.152. The Hall–Kier alpha value is -3.05. The molecule has 24 heavy (non-hydrogen) atoms. The minimum Gasteiger partial charge on any atom is -0.480 e. The van der Waals surface area contributed by atoms with E-state index in [1.807, 2.05) is 0 Å². The molecule has 0 amide bonds. The second-order valence-electron chi connectivity index (χ2n) is 4.54. The Labute approximate surface area is 143 Å². The second-order valence-corrected chi connectivity index (χ2v) is 5.57. The van der Waals surface area contributed by atoms with Crippen LogP contribution in [0.5, 0.6) is 5.06 Å². The van der Waals surface area contributed by atoms with E-state index in [0.717, 1.165) is 0 Å². The zero-order valence-electron chi connectivity index (χ0n) is 12.9. The van der Waals surface area contributed by atoms with Gasteiger partial charge in [-0.3, -0.25) is 0 Å². The predicted octanol–water partition coefficient (Wildman–Crippen LogP) is 4.61. The second kappa shape index (κ2) is 8.55. The van der Waals surface area contributed by atoms with Crippen molar-refractivity contribution in [2.75, 3.05) is 13.2 Å². The van der Waals surface area contributed by atoms with Crippen molar-refractivity contribution in [3.05, 3.63) is 54.0 Å². The summed E-state index contributed by atoms with van der Waals surface area (Å²) in [4.78, 5) is 18.3. The molecule has 2 aromatic rings. The molecule has 0 saturated carbocycles. The maximum absolute atomic E-state index is 11.2. The van der Waals surface area contributed by atoms with Crippen LogP contribution in [0.1, 0.15) is 6.92 Å². The molecule has 0 aromatic carbocycles. The third-order valence-electron chi connectivity index (χ3n) is 2.59. The summed E-state index contributed by atoms with van der Waals surface area (Å²) in [5.74, 6) is -0.120. The molecule has 0 fully saturated rings. The lowest BCUT2D eigenvalue weighted by atomic mass is 10.4. The number of nitrogens with zero attached hydrogens (tertiary/aromatic N) is 4. The molecule has 2 heterocycles. The average Bonchev–Trinajstić information content (AvgIpc) is 3.05. The maximum atomic E-state index is 11.2. The van der Waals surface area contributed by atoms with Crippen LogP contribution in [0.4, 0.5) is 16.5 Å². The van der Waals surface area contributed by atoms with Crippen LogP contribution in [0.15, 0.2) is 52.8 Å². The fourth-order valence-corrected chi connectivity index (χ4v) is 2.15. The zero-order valence-corrected chi connectivity index (χ0v) is 13.7. The Balaban J connectivity index is 1.82. The molecule has 0 bridgehead atoms. The normalized spacial score (nSPS) is 10.3. The highest BCUT2D eigenvalue weighted by Crippen LogP contribution is 2.32. The van der Waals surface area contributed by atoms with Gasteiger partial charge >= 0.3 is 5.97 Å². The number of thiophene rings is 1. The molecule has 0 unspecified atom stereocenters. The first kappa shape index (κ1) is 17.3. The number of carbonyl (C=O) groups excluding carboxylic acids is 1. The van der Waals surface area contributed by atoms with Gasteiger partial charge in [0.1, 0.15) is 30.1 Å². The maximum Gasteiger partial charge on any atom is 0.333 e. The number of esters is 1. The monoisotopic (exact) mass is 342 g/mol. The molecule has 2 aromatic heterocycles. The zero-order chi connectivity index (χ0) is 17.4. The molecule has 0 aliphatic carbocycles. The third-order valence-corrected chi connectivity index (χ3v) is 3.47. The van der Waals surface area contributed by atoms with Gasteiger partial charge in [-0.05, 0) is 31.2 Å². The van der Waals surface area contributed by atoms with Crippen LogP contribution >= 0.6 is 11.3 Å². The van der Waals surface area contributed by atoms with Crippen LogP contribution in [0.25, 0.3) is 4.85 Å². The van der Waals surface area contributed by atoms with Gasteiger partial charge in [-0.25, -0.2) is 4.79 Å². The summed E-state index contributed by atoms with van der Waals surface area (Å²) in [5.41, 5.74) is 0.915. The van der Waals surface area contributed by atoms with Gasteiger partial charge < -0.3 is 14.3 Å². The molecule has 122 valence electrons. The van der Waals surface area contributed by atoms with Crippen molar-refractivity contribution in [3.63, 3.8) is 0 Å². The Morgan fingerprint density at radius 2 is 2.17 bits per heavy atom. The lowest BCUT2D eigenvalue weighted by Gasteiger charge is -2.04. The molecule has 0 saturated heterocycles. The number of hydrogen-bond donors (Lipinski definition) is 0. The quantitative estimate of drug-likeness (QED) is 0.242. The Morgan fingerprint density at radius 1 is 1.33 bits per heavy atom. The topological polar surface area (TPSA) is 77.5 Å². The van der Waals surface area contributed by atoms with E-state index in [1.165, 1.54) is 17.5 Å². The van der Waals surface area contributed by atoms with Gasteiger partial charge in [0.2, 0.25) is 0 Å². The fourth-order valence-electron chi connectivity index (χ4n) is 1.45. The summed E-state index contributed by atoms with van der Waals surface area (Å²) >= 11 is 1.32. The number of rotatable bonds is 7. The van der Waals surface area contributed by atoms with E-state index >= 15 is 0 Å². The van der Waals surface area contributed by atoms with Crippen molar-refractivity contribution >= 4 is 33.8 Å². The molecule has 2 rings (SSSR count). The smallest absolute Gasteiger partial charge is 0.333 e. The lowest BCUT2D eigenvalue weighted by molar-refractivity contribution is -0.139. The van der Waals surface area contributed by atoms with E-state index in [1.54, 1.807) is 31.2 Å². The van der Waals surface area contributed by atoms with Gasteiger partial charge in [0, 0.05) is 5.57 Å². The molecule has 0 N–H and O–H groups in total. The van der Waals surface area contributed by atoms with Gasteiger partial charge in [0.25, 0.3) is 5.82 Å². The molecule has 0 atom stereocenters. The molecule has 0 aliphatic rings. The number of aromatic nitrogens is 1. The number of ether oxygens (including phenoxy) is 2. The van der Waals surface area contributed by atoms with E-state index in [0.29, 0.717) is 27.1 Å². The van der Waals surface area contributed by atoms with Crippen LogP contribution < -0.4 is 4.74 Å². The van der Waals surface area contributed by atoms with E-state index in [4.69, 9.17) is 16.0 Å². The van der Waals surface area contributed by atoms with Crippen molar-refractivity contribution in [1.82, 2.24) is 4.98 Å². The SMILES string of the molecule is [C-]#[N+]c1ccc(N=Nc2ccc(OCCOC(=O)C(=C)C)s2)cn1.